The van der Waals surface area contributed by atoms with Crippen LogP contribution < -0.4 is 0 Å². The van der Waals surface area contributed by atoms with E-state index < -0.39 is 0 Å². The van der Waals surface area contributed by atoms with Crippen LogP contribution in [0.5, 0.6) is 0 Å². The molecule has 7 heteroatoms. The molecule has 0 amide bonds. The number of hydrogen-bond donors (Lipinski definition) is 2. The predicted molar refractivity (Wildman–Crippen MR) is 82.0 cm³/mol. The van der Waals surface area contributed by atoms with E-state index in [1.54, 1.807) is 13.8 Å². The maximum absolute atomic E-state index is 8.98. The summed E-state index contributed by atoms with van der Waals surface area (Å²) < 4.78 is 16.3. The van der Waals surface area contributed by atoms with Crippen LogP contribution in [0.4, 0.5) is 0 Å². The molecule has 0 rings (SSSR count). The molecule has 5 nitrogen and oxygen atoms in total. The van der Waals surface area contributed by atoms with Gasteiger partial charge in [-0.3, -0.25) is 0 Å². The first-order valence-corrected chi connectivity index (χ1v) is 10.4. The van der Waals surface area contributed by atoms with Gasteiger partial charge in [-0.25, -0.2) is 0 Å². The van der Waals surface area contributed by atoms with E-state index in [1.165, 1.54) is 0 Å². The summed E-state index contributed by atoms with van der Waals surface area (Å²) in [5, 5.41) is 18.0. The van der Waals surface area contributed by atoms with Crippen molar-refractivity contribution in [2.75, 3.05) is 26.4 Å². The van der Waals surface area contributed by atoms with Crippen LogP contribution in [0.3, 0.4) is 0 Å². The molecule has 0 heterocycles. The highest BCUT2D eigenvalue weighted by Crippen LogP contribution is 1.95. The zero-order valence-electron chi connectivity index (χ0n) is 12.3. The summed E-state index contributed by atoms with van der Waals surface area (Å²) in [6.07, 6.45) is 1.37. The smallest absolute Gasteiger partial charge is 0.146 e. The molecule has 0 aromatic heterocycles. The van der Waals surface area contributed by atoms with Gasteiger partial charge < -0.3 is 23.8 Å². The number of hydrogen-bond acceptors (Lipinski definition) is 5. The second kappa shape index (κ2) is 14.6. The molecule has 0 aromatic carbocycles. The van der Waals surface area contributed by atoms with Gasteiger partial charge in [-0.1, -0.05) is 0 Å². The molecule has 0 saturated carbocycles. The predicted octanol–water partition coefficient (Wildman–Crippen LogP) is -0.418. The van der Waals surface area contributed by atoms with Gasteiger partial charge in [0.2, 0.25) is 0 Å². The first-order valence-electron chi connectivity index (χ1n) is 7.22. The van der Waals surface area contributed by atoms with Crippen LogP contribution in [0.25, 0.3) is 0 Å². The molecule has 0 radical (unpaired) electrons. The number of ether oxygens (including phenoxy) is 2. The van der Waals surface area contributed by atoms with E-state index in [0.717, 1.165) is 38.1 Å². The summed E-state index contributed by atoms with van der Waals surface area (Å²) in [7, 11) is -0.700. The summed E-state index contributed by atoms with van der Waals surface area (Å²) in [4.78, 5) is 0. The SMILES string of the molecule is CC(O)COCCC[SiH2]O[SiH2]CCCOCC(C)O. The minimum atomic E-state index is -0.364. The quantitative estimate of drug-likeness (QED) is 0.337. The average Bonchev–Trinajstić information content (AvgIpc) is 2.34. The second-order valence-electron chi connectivity index (χ2n) is 4.87. The standard InChI is InChI=1S/C12H30O5Si2/c1-11(13)9-15-5-3-7-18-17-19-8-4-6-16-10-12(2)14/h11-14H,3-10,18-19H2,1-2H3. The second-order valence-corrected chi connectivity index (χ2v) is 8.74. The molecule has 19 heavy (non-hydrogen) atoms. The zero-order valence-corrected chi connectivity index (χ0v) is 15.2. The average molecular weight is 311 g/mol. The topological polar surface area (TPSA) is 68.2 Å². The van der Waals surface area contributed by atoms with E-state index >= 15 is 0 Å². The molecule has 2 N–H and O–H groups in total. The van der Waals surface area contributed by atoms with Crippen molar-refractivity contribution >= 4 is 19.5 Å². The Kier molecular flexibility index (Phi) is 14.8. The lowest BCUT2D eigenvalue weighted by Gasteiger charge is -2.07. The molecular weight excluding hydrogens is 280 g/mol. The molecule has 0 bridgehead atoms. The van der Waals surface area contributed by atoms with Gasteiger partial charge in [-0.15, -0.1) is 0 Å². The maximum atomic E-state index is 8.98. The Bertz CT molecular complexity index is 164. The Balaban J connectivity index is 2.95. The van der Waals surface area contributed by atoms with Gasteiger partial charge in [-0.2, -0.15) is 0 Å². The van der Waals surface area contributed by atoms with Crippen LogP contribution in [0.15, 0.2) is 0 Å². The van der Waals surface area contributed by atoms with Gasteiger partial charge >= 0.3 is 0 Å². The first-order chi connectivity index (χ1) is 9.13. The Morgan fingerprint density at radius 3 is 1.63 bits per heavy atom. The number of rotatable bonds is 14. The third-order valence-electron chi connectivity index (χ3n) is 2.37. The molecule has 0 aromatic rings. The van der Waals surface area contributed by atoms with Crippen LogP contribution in [-0.2, 0) is 13.6 Å². The van der Waals surface area contributed by atoms with Crippen molar-refractivity contribution in [3.63, 3.8) is 0 Å². The molecule has 0 aliphatic rings. The fourth-order valence-electron chi connectivity index (χ4n) is 1.43. The van der Waals surface area contributed by atoms with Gasteiger partial charge in [0.15, 0.2) is 0 Å². The highest BCUT2D eigenvalue weighted by molar-refractivity contribution is 6.42. The summed E-state index contributed by atoms with van der Waals surface area (Å²) in [6.45, 7) is 5.79. The molecule has 0 aliphatic carbocycles. The molecule has 2 unspecified atom stereocenters. The van der Waals surface area contributed by atoms with Gasteiger partial charge in [0.25, 0.3) is 0 Å². The van der Waals surface area contributed by atoms with E-state index in [4.69, 9.17) is 23.8 Å². The van der Waals surface area contributed by atoms with Crippen LogP contribution in [0, 0.1) is 0 Å². The van der Waals surface area contributed by atoms with Gasteiger partial charge in [0, 0.05) is 13.2 Å². The third-order valence-corrected chi connectivity index (χ3v) is 6.26. The summed E-state index contributed by atoms with van der Waals surface area (Å²) in [5.74, 6) is 0. The minimum absolute atomic E-state index is 0.350. The van der Waals surface area contributed by atoms with Crippen molar-refractivity contribution in [2.24, 2.45) is 0 Å². The molecular formula is C12H30O5Si2. The largest absolute Gasteiger partial charge is 0.465 e. The molecule has 0 aliphatic heterocycles. The maximum Gasteiger partial charge on any atom is 0.146 e. The molecule has 0 fully saturated rings. The van der Waals surface area contributed by atoms with Crippen LogP contribution in [0.2, 0.25) is 12.1 Å². The van der Waals surface area contributed by atoms with Crippen molar-refractivity contribution in [1.29, 1.82) is 0 Å². The molecule has 0 spiro atoms. The lowest BCUT2D eigenvalue weighted by atomic mass is 10.4. The molecule has 116 valence electrons. The van der Waals surface area contributed by atoms with Crippen molar-refractivity contribution < 1.29 is 23.8 Å². The van der Waals surface area contributed by atoms with Gasteiger partial charge in [0.1, 0.15) is 19.5 Å². The lowest BCUT2D eigenvalue weighted by molar-refractivity contribution is 0.0464. The van der Waals surface area contributed by atoms with Crippen molar-refractivity contribution in [3.05, 3.63) is 0 Å². The fraction of sp³-hybridized carbons (Fsp3) is 1.00. The lowest BCUT2D eigenvalue weighted by Crippen LogP contribution is -2.12. The highest BCUT2D eigenvalue weighted by Gasteiger charge is 1.97. The van der Waals surface area contributed by atoms with Crippen LogP contribution >= 0.6 is 0 Å². The van der Waals surface area contributed by atoms with E-state index in [1.807, 2.05) is 0 Å². The van der Waals surface area contributed by atoms with Crippen molar-refractivity contribution in [1.82, 2.24) is 0 Å². The Morgan fingerprint density at radius 2 is 1.26 bits per heavy atom. The number of aliphatic hydroxyl groups excluding tert-OH is 2. The summed E-state index contributed by atoms with van der Waals surface area (Å²) >= 11 is 0. The van der Waals surface area contributed by atoms with Crippen LogP contribution in [0.1, 0.15) is 26.7 Å². The Labute approximate surface area is 121 Å². The summed E-state index contributed by atoms with van der Waals surface area (Å²) in [6, 6.07) is 2.32. The van der Waals surface area contributed by atoms with E-state index in [9.17, 15) is 0 Å². The number of aliphatic hydroxyl groups is 2. The van der Waals surface area contributed by atoms with E-state index in [-0.39, 0.29) is 31.7 Å². The van der Waals surface area contributed by atoms with Gasteiger partial charge in [0.05, 0.1) is 25.4 Å². The van der Waals surface area contributed by atoms with E-state index in [2.05, 4.69) is 0 Å². The van der Waals surface area contributed by atoms with Gasteiger partial charge in [-0.05, 0) is 38.8 Å². The van der Waals surface area contributed by atoms with E-state index in [0.29, 0.717) is 13.2 Å². The Morgan fingerprint density at radius 1 is 0.842 bits per heavy atom. The van der Waals surface area contributed by atoms with Crippen molar-refractivity contribution in [3.8, 4) is 0 Å². The monoisotopic (exact) mass is 310 g/mol. The zero-order chi connectivity index (χ0) is 14.3. The highest BCUT2D eigenvalue weighted by atomic mass is 28.3. The Hall–Kier alpha value is 0.234. The summed E-state index contributed by atoms with van der Waals surface area (Å²) in [5.41, 5.74) is 0. The normalized spacial score (nSPS) is 15.8. The fourth-order valence-corrected chi connectivity index (χ4v) is 4.69. The minimum Gasteiger partial charge on any atom is -0.465 e. The molecule has 0 saturated heterocycles. The molecule has 2 atom stereocenters. The van der Waals surface area contributed by atoms with Crippen LogP contribution in [-0.4, -0.2) is 68.4 Å². The van der Waals surface area contributed by atoms with Crippen molar-refractivity contribution in [2.45, 2.75) is 51.0 Å². The first kappa shape index (κ1) is 19.2. The third kappa shape index (κ3) is 18.2.